The number of anilines is 1. The van der Waals surface area contributed by atoms with Gasteiger partial charge in [-0.1, -0.05) is 11.8 Å². The highest BCUT2D eigenvalue weighted by Crippen LogP contribution is 2.19. The fraction of sp³-hybridized carbons (Fsp3) is 0.357. The number of aromatic nitrogens is 3. The topological polar surface area (TPSA) is 106 Å². The number of H-pyrrole nitrogens is 1. The maximum Gasteiger partial charge on any atom is 0.408 e. The zero-order valence-corrected chi connectivity index (χ0v) is 12.2. The lowest BCUT2D eigenvalue weighted by Crippen LogP contribution is -2.32. The molecule has 0 aliphatic carbocycles. The molecule has 2 aromatic heterocycles. The molecule has 2 aromatic rings. The van der Waals surface area contributed by atoms with Crippen molar-refractivity contribution in [3.8, 4) is 11.8 Å². The van der Waals surface area contributed by atoms with Crippen molar-refractivity contribution in [2.75, 3.05) is 12.3 Å². The Kier molecular flexibility index (Phi) is 3.98. The van der Waals surface area contributed by atoms with Gasteiger partial charge in [0.05, 0.1) is 17.5 Å². The Bertz CT molecular complexity index is 718. The monoisotopic (exact) mass is 287 g/mol. The second-order valence-corrected chi connectivity index (χ2v) is 5.34. The van der Waals surface area contributed by atoms with Crippen molar-refractivity contribution >= 4 is 22.9 Å². The second-order valence-electron chi connectivity index (χ2n) is 5.34. The van der Waals surface area contributed by atoms with Gasteiger partial charge in [0.1, 0.15) is 23.4 Å². The van der Waals surface area contributed by atoms with E-state index in [4.69, 9.17) is 10.5 Å². The van der Waals surface area contributed by atoms with E-state index in [9.17, 15) is 4.79 Å². The first-order chi connectivity index (χ1) is 9.87. The number of aromatic amines is 1. The number of hydrogen-bond donors (Lipinski definition) is 3. The van der Waals surface area contributed by atoms with Crippen molar-refractivity contribution < 1.29 is 9.53 Å². The van der Waals surface area contributed by atoms with E-state index < -0.39 is 11.7 Å². The molecule has 0 spiro atoms. The molecular formula is C14H17N5O2. The van der Waals surface area contributed by atoms with Gasteiger partial charge >= 0.3 is 6.09 Å². The number of rotatable bonds is 1. The number of nitrogen functional groups attached to an aromatic ring is 1. The van der Waals surface area contributed by atoms with E-state index in [1.807, 2.05) is 0 Å². The Balaban J connectivity index is 2.01. The zero-order valence-electron chi connectivity index (χ0n) is 12.2. The summed E-state index contributed by atoms with van der Waals surface area (Å²) in [6.45, 7) is 5.57. The summed E-state index contributed by atoms with van der Waals surface area (Å²) in [6.07, 6.45) is 2.59. The molecule has 1 amide bonds. The van der Waals surface area contributed by atoms with Crippen LogP contribution in [0.4, 0.5) is 10.6 Å². The van der Waals surface area contributed by atoms with Gasteiger partial charge in [0, 0.05) is 6.20 Å². The van der Waals surface area contributed by atoms with Gasteiger partial charge < -0.3 is 20.8 Å². The average molecular weight is 287 g/mol. The summed E-state index contributed by atoms with van der Waals surface area (Å²) in [4.78, 5) is 22.4. The number of fused-ring (bicyclic) bond motifs is 1. The molecule has 7 heteroatoms. The van der Waals surface area contributed by atoms with E-state index in [-0.39, 0.29) is 6.54 Å². The fourth-order valence-electron chi connectivity index (χ4n) is 1.66. The van der Waals surface area contributed by atoms with Crippen LogP contribution < -0.4 is 11.1 Å². The van der Waals surface area contributed by atoms with Gasteiger partial charge in [-0.3, -0.25) is 0 Å². The van der Waals surface area contributed by atoms with E-state index in [0.717, 1.165) is 0 Å². The number of nitrogens with two attached hydrogens (primary N) is 1. The van der Waals surface area contributed by atoms with Gasteiger partial charge in [-0.2, -0.15) is 0 Å². The molecule has 0 bridgehead atoms. The molecule has 0 aromatic carbocycles. The maximum absolute atomic E-state index is 11.4. The summed E-state index contributed by atoms with van der Waals surface area (Å²) in [5.41, 5.74) is 6.59. The van der Waals surface area contributed by atoms with Crippen LogP contribution in [0, 0.1) is 11.8 Å². The molecule has 2 heterocycles. The van der Waals surface area contributed by atoms with E-state index in [0.29, 0.717) is 22.4 Å². The highest BCUT2D eigenvalue weighted by molar-refractivity contribution is 5.91. The third kappa shape index (κ3) is 3.86. The van der Waals surface area contributed by atoms with Crippen LogP contribution in [0.2, 0.25) is 0 Å². The molecular weight excluding hydrogens is 270 g/mol. The fourth-order valence-corrected chi connectivity index (χ4v) is 1.66. The van der Waals surface area contributed by atoms with Crippen molar-refractivity contribution in [1.82, 2.24) is 20.3 Å². The van der Waals surface area contributed by atoms with Gasteiger partial charge in [-0.25, -0.2) is 14.8 Å². The Hall–Kier alpha value is -2.75. The van der Waals surface area contributed by atoms with E-state index in [1.54, 1.807) is 27.0 Å². The summed E-state index contributed by atoms with van der Waals surface area (Å²) in [7, 11) is 0. The summed E-state index contributed by atoms with van der Waals surface area (Å²) in [5, 5.41) is 3.24. The Morgan fingerprint density at radius 3 is 2.95 bits per heavy atom. The summed E-state index contributed by atoms with van der Waals surface area (Å²) in [5.74, 6) is 6.11. The molecule has 0 radical (unpaired) electrons. The zero-order chi connectivity index (χ0) is 15.5. The van der Waals surface area contributed by atoms with E-state index in [1.165, 1.54) is 6.33 Å². The first-order valence-electron chi connectivity index (χ1n) is 6.40. The minimum Gasteiger partial charge on any atom is -0.444 e. The third-order valence-corrected chi connectivity index (χ3v) is 2.44. The number of hydrogen-bond acceptors (Lipinski definition) is 5. The van der Waals surface area contributed by atoms with Gasteiger partial charge in [0.2, 0.25) is 0 Å². The SMILES string of the molecule is CC(C)(C)OC(=O)NCC#Cc1c[nH]c2ncnc(N)c12. The van der Waals surface area contributed by atoms with Crippen molar-refractivity contribution in [2.45, 2.75) is 26.4 Å². The molecule has 21 heavy (non-hydrogen) atoms. The first-order valence-corrected chi connectivity index (χ1v) is 6.40. The lowest BCUT2D eigenvalue weighted by Gasteiger charge is -2.18. The molecule has 0 atom stereocenters. The highest BCUT2D eigenvalue weighted by atomic mass is 16.6. The van der Waals surface area contributed by atoms with Gasteiger partial charge in [-0.05, 0) is 20.8 Å². The first kappa shape index (κ1) is 14.7. The van der Waals surface area contributed by atoms with Crippen LogP contribution >= 0.6 is 0 Å². The Labute approximate surface area is 122 Å². The van der Waals surface area contributed by atoms with Gasteiger partial charge in [0.25, 0.3) is 0 Å². The van der Waals surface area contributed by atoms with Crippen molar-refractivity contribution in [1.29, 1.82) is 0 Å². The number of carbonyl (C=O) groups is 1. The van der Waals surface area contributed by atoms with Crippen LogP contribution in [0.3, 0.4) is 0 Å². The van der Waals surface area contributed by atoms with Crippen molar-refractivity contribution in [3.05, 3.63) is 18.1 Å². The molecule has 0 saturated carbocycles. The van der Waals surface area contributed by atoms with Crippen molar-refractivity contribution in [3.63, 3.8) is 0 Å². The van der Waals surface area contributed by atoms with E-state index in [2.05, 4.69) is 32.1 Å². The molecule has 0 saturated heterocycles. The molecule has 7 nitrogen and oxygen atoms in total. The van der Waals surface area contributed by atoms with Crippen LogP contribution in [0.25, 0.3) is 11.0 Å². The predicted molar refractivity (Wildman–Crippen MR) is 79.4 cm³/mol. The largest absolute Gasteiger partial charge is 0.444 e. The molecule has 0 fully saturated rings. The number of nitrogens with zero attached hydrogens (tertiary/aromatic N) is 2. The highest BCUT2D eigenvalue weighted by Gasteiger charge is 2.15. The standard InChI is InChI=1S/C14H17N5O2/c1-14(2,3)21-13(20)16-6-4-5-9-7-17-12-10(9)11(15)18-8-19-12/h7-8H,6H2,1-3H3,(H,16,20)(H3,15,17,18,19). The summed E-state index contributed by atoms with van der Waals surface area (Å²) in [6, 6.07) is 0. The van der Waals surface area contributed by atoms with Crippen LogP contribution in [0.5, 0.6) is 0 Å². The third-order valence-electron chi connectivity index (χ3n) is 2.44. The predicted octanol–water partition coefficient (Wildman–Crippen LogP) is 1.42. The number of carbonyl (C=O) groups excluding carboxylic acids is 1. The minimum absolute atomic E-state index is 0.176. The molecule has 0 unspecified atom stereocenters. The molecule has 0 aliphatic heterocycles. The van der Waals surface area contributed by atoms with Crippen LogP contribution in [0.1, 0.15) is 26.3 Å². The van der Waals surface area contributed by atoms with Gasteiger partial charge in [-0.15, -0.1) is 0 Å². The maximum atomic E-state index is 11.4. The number of alkyl carbamates (subject to hydrolysis) is 1. The van der Waals surface area contributed by atoms with Crippen LogP contribution in [0.15, 0.2) is 12.5 Å². The van der Waals surface area contributed by atoms with Gasteiger partial charge in [0.15, 0.2) is 0 Å². The van der Waals surface area contributed by atoms with Crippen LogP contribution in [-0.4, -0.2) is 33.2 Å². The molecule has 110 valence electrons. The molecule has 2 rings (SSSR count). The lowest BCUT2D eigenvalue weighted by molar-refractivity contribution is 0.0535. The molecule has 0 aliphatic rings. The number of amides is 1. The van der Waals surface area contributed by atoms with Crippen LogP contribution in [-0.2, 0) is 4.74 Å². The smallest absolute Gasteiger partial charge is 0.408 e. The number of ether oxygens (including phenoxy) is 1. The summed E-state index contributed by atoms with van der Waals surface area (Å²) >= 11 is 0. The Morgan fingerprint density at radius 1 is 1.48 bits per heavy atom. The average Bonchev–Trinajstić information content (AvgIpc) is 2.77. The minimum atomic E-state index is -0.528. The second kappa shape index (κ2) is 5.71. The molecule has 4 N–H and O–H groups in total. The van der Waals surface area contributed by atoms with E-state index >= 15 is 0 Å². The normalized spacial score (nSPS) is 10.8. The number of nitrogens with one attached hydrogen (secondary N) is 2. The van der Waals surface area contributed by atoms with Crippen molar-refractivity contribution in [2.24, 2.45) is 0 Å². The Morgan fingerprint density at radius 2 is 2.24 bits per heavy atom. The quantitative estimate of drug-likeness (QED) is 0.688. The summed E-state index contributed by atoms with van der Waals surface area (Å²) < 4.78 is 5.10. The lowest BCUT2D eigenvalue weighted by atomic mass is 10.2.